The number of carbonyl (C=O) groups is 1. The highest BCUT2D eigenvalue weighted by molar-refractivity contribution is 5.92. The maximum atomic E-state index is 13.3. The third-order valence-corrected chi connectivity index (χ3v) is 7.07. The molecule has 2 aliphatic rings. The first-order chi connectivity index (χ1) is 16.8. The van der Waals surface area contributed by atoms with Crippen LogP contribution in [0.25, 0.3) is 0 Å². The van der Waals surface area contributed by atoms with Crippen LogP contribution in [0.5, 0.6) is 0 Å². The van der Waals surface area contributed by atoms with E-state index in [1.165, 1.54) is 22.6 Å². The number of halogens is 3. The van der Waals surface area contributed by atoms with Crippen molar-refractivity contribution in [3.8, 4) is 0 Å². The SMILES string of the molecule is CCC(=O)N(CC1(N2CCN(Cc3ccccc3)CC2)CCOCC1)c1cccc(C(F)(F)F)n1. The number of hydrogen-bond acceptors (Lipinski definition) is 5. The predicted molar refractivity (Wildman–Crippen MR) is 128 cm³/mol. The Hall–Kier alpha value is -2.49. The molecule has 0 aliphatic carbocycles. The number of hydrogen-bond donors (Lipinski definition) is 0. The smallest absolute Gasteiger partial charge is 0.381 e. The third-order valence-electron chi connectivity index (χ3n) is 7.07. The molecule has 9 heteroatoms. The van der Waals surface area contributed by atoms with Crippen LogP contribution in [0.2, 0.25) is 0 Å². The molecule has 35 heavy (non-hydrogen) atoms. The Balaban J connectivity index is 1.53. The minimum absolute atomic E-state index is 0.0558. The zero-order chi connectivity index (χ0) is 24.9. The van der Waals surface area contributed by atoms with Crippen LogP contribution in [0.15, 0.2) is 48.5 Å². The molecule has 1 amide bonds. The number of alkyl halides is 3. The van der Waals surface area contributed by atoms with E-state index >= 15 is 0 Å². The Morgan fingerprint density at radius 1 is 1.03 bits per heavy atom. The van der Waals surface area contributed by atoms with Gasteiger partial charge in [-0.1, -0.05) is 43.3 Å². The lowest BCUT2D eigenvalue weighted by Gasteiger charge is -2.51. The summed E-state index contributed by atoms with van der Waals surface area (Å²) < 4.78 is 45.7. The molecule has 0 bridgehead atoms. The van der Waals surface area contributed by atoms with Crippen molar-refractivity contribution in [1.29, 1.82) is 0 Å². The van der Waals surface area contributed by atoms with Crippen LogP contribution in [0, 0.1) is 0 Å². The van der Waals surface area contributed by atoms with Crippen molar-refractivity contribution in [2.45, 2.75) is 44.4 Å². The summed E-state index contributed by atoms with van der Waals surface area (Å²) in [4.78, 5) is 23.1. The Labute approximate surface area is 204 Å². The van der Waals surface area contributed by atoms with Gasteiger partial charge >= 0.3 is 6.18 Å². The Morgan fingerprint density at radius 3 is 2.34 bits per heavy atom. The first-order valence-corrected chi connectivity index (χ1v) is 12.2. The lowest BCUT2D eigenvalue weighted by atomic mass is 9.86. The number of pyridine rings is 1. The summed E-state index contributed by atoms with van der Waals surface area (Å²) >= 11 is 0. The van der Waals surface area contributed by atoms with E-state index in [-0.39, 0.29) is 23.7 Å². The lowest BCUT2D eigenvalue weighted by molar-refractivity contribution is -0.141. The molecule has 0 saturated carbocycles. The van der Waals surface area contributed by atoms with Crippen LogP contribution < -0.4 is 4.90 Å². The second kappa shape index (κ2) is 11.1. The zero-order valence-corrected chi connectivity index (χ0v) is 20.1. The highest BCUT2D eigenvalue weighted by Crippen LogP contribution is 2.34. The van der Waals surface area contributed by atoms with Crippen molar-refractivity contribution in [3.05, 3.63) is 59.8 Å². The van der Waals surface area contributed by atoms with Crippen molar-refractivity contribution in [2.24, 2.45) is 0 Å². The quantitative estimate of drug-likeness (QED) is 0.582. The standard InChI is InChI=1S/C26H33F3N4O2/c1-2-24(34)33(23-10-6-9-22(30-23)26(27,28)29)20-25(11-17-35-18-12-25)32-15-13-31(14-16-32)19-21-7-4-3-5-8-21/h3-10H,2,11-20H2,1H3. The second-order valence-corrected chi connectivity index (χ2v) is 9.30. The van der Waals surface area contributed by atoms with Crippen LogP contribution in [0.1, 0.15) is 37.4 Å². The fourth-order valence-electron chi connectivity index (χ4n) is 5.06. The molecule has 0 radical (unpaired) electrons. The van der Waals surface area contributed by atoms with Crippen LogP contribution in [0.3, 0.4) is 0 Å². The van der Waals surface area contributed by atoms with Gasteiger partial charge in [0.05, 0.1) is 0 Å². The van der Waals surface area contributed by atoms with Crippen LogP contribution in [-0.4, -0.2) is 72.2 Å². The molecule has 2 fully saturated rings. The van der Waals surface area contributed by atoms with Gasteiger partial charge in [-0.05, 0) is 30.5 Å². The summed E-state index contributed by atoms with van der Waals surface area (Å²) in [6.45, 7) is 7.48. The van der Waals surface area contributed by atoms with E-state index in [4.69, 9.17) is 4.74 Å². The fourth-order valence-corrected chi connectivity index (χ4v) is 5.06. The van der Waals surface area contributed by atoms with Crippen molar-refractivity contribution < 1.29 is 22.7 Å². The molecule has 0 unspecified atom stereocenters. The van der Waals surface area contributed by atoms with Crippen LogP contribution >= 0.6 is 0 Å². The van der Waals surface area contributed by atoms with Crippen LogP contribution in [-0.2, 0) is 22.3 Å². The Morgan fingerprint density at radius 2 is 1.71 bits per heavy atom. The lowest BCUT2D eigenvalue weighted by Crippen LogP contribution is -2.63. The highest BCUT2D eigenvalue weighted by Gasteiger charge is 2.43. The van der Waals surface area contributed by atoms with Crippen molar-refractivity contribution in [3.63, 3.8) is 0 Å². The summed E-state index contributed by atoms with van der Waals surface area (Å²) in [5.41, 5.74) is -0.0748. The number of rotatable bonds is 7. The molecule has 2 saturated heterocycles. The number of piperazine rings is 1. The van der Waals surface area contributed by atoms with Gasteiger partial charge in [-0.2, -0.15) is 13.2 Å². The minimum atomic E-state index is -4.57. The molecule has 6 nitrogen and oxygen atoms in total. The first kappa shape index (κ1) is 25.6. The van der Waals surface area contributed by atoms with Gasteiger partial charge in [-0.3, -0.25) is 19.5 Å². The normalized spacial score (nSPS) is 19.4. The number of benzene rings is 1. The minimum Gasteiger partial charge on any atom is -0.381 e. The van der Waals surface area contributed by atoms with E-state index in [0.717, 1.165) is 51.6 Å². The summed E-state index contributed by atoms with van der Waals surface area (Å²) in [5.74, 6) is -0.175. The highest BCUT2D eigenvalue weighted by atomic mass is 19.4. The van der Waals surface area contributed by atoms with E-state index in [1.54, 1.807) is 6.92 Å². The monoisotopic (exact) mass is 490 g/mol. The molecule has 0 spiro atoms. The molecule has 1 aromatic heterocycles. The van der Waals surface area contributed by atoms with Gasteiger partial charge in [-0.25, -0.2) is 4.98 Å². The largest absolute Gasteiger partial charge is 0.433 e. The summed E-state index contributed by atoms with van der Waals surface area (Å²) in [5, 5.41) is 0. The van der Waals surface area contributed by atoms with Gasteiger partial charge in [-0.15, -0.1) is 0 Å². The summed E-state index contributed by atoms with van der Waals surface area (Å²) in [7, 11) is 0. The number of carbonyl (C=O) groups excluding carboxylic acids is 1. The molecule has 2 aromatic rings. The van der Waals surface area contributed by atoms with Gasteiger partial charge in [0.1, 0.15) is 11.5 Å². The van der Waals surface area contributed by atoms with E-state index in [0.29, 0.717) is 19.8 Å². The van der Waals surface area contributed by atoms with Gasteiger partial charge in [0.15, 0.2) is 0 Å². The Bertz CT molecular complexity index is 972. The van der Waals surface area contributed by atoms with E-state index in [2.05, 4.69) is 26.9 Å². The van der Waals surface area contributed by atoms with Crippen molar-refractivity contribution in [2.75, 3.05) is 50.8 Å². The topological polar surface area (TPSA) is 48.9 Å². The molecule has 190 valence electrons. The average molecular weight is 491 g/mol. The average Bonchev–Trinajstić information content (AvgIpc) is 2.88. The maximum Gasteiger partial charge on any atom is 0.433 e. The molecule has 4 rings (SSSR count). The van der Waals surface area contributed by atoms with E-state index < -0.39 is 11.9 Å². The molecule has 0 N–H and O–H groups in total. The predicted octanol–water partition coefficient (Wildman–Crippen LogP) is 4.21. The van der Waals surface area contributed by atoms with E-state index in [9.17, 15) is 18.0 Å². The van der Waals surface area contributed by atoms with Gasteiger partial charge in [0.25, 0.3) is 0 Å². The molecule has 0 atom stereocenters. The molecular weight excluding hydrogens is 457 g/mol. The van der Waals surface area contributed by atoms with Crippen LogP contribution in [0.4, 0.5) is 19.0 Å². The molecule has 1 aromatic carbocycles. The second-order valence-electron chi connectivity index (χ2n) is 9.30. The number of anilines is 1. The molecule has 2 aliphatic heterocycles. The van der Waals surface area contributed by atoms with E-state index in [1.807, 2.05) is 18.2 Å². The maximum absolute atomic E-state index is 13.3. The van der Waals surface area contributed by atoms with Gasteiger partial charge in [0.2, 0.25) is 5.91 Å². The summed E-state index contributed by atoms with van der Waals surface area (Å²) in [6.07, 6.45) is -2.94. The first-order valence-electron chi connectivity index (χ1n) is 12.2. The third kappa shape index (κ3) is 6.20. The zero-order valence-electron chi connectivity index (χ0n) is 20.1. The molecule has 3 heterocycles. The number of amides is 1. The fraction of sp³-hybridized carbons (Fsp3) is 0.538. The molecular formula is C26H33F3N4O2. The van der Waals surface area contributed by atoms with Gasteiger partial charge < -0.3 is 4.74 Å². The van der Waals surface area contributed by atoms with Crippen molar-refractivity contribution >= 4 is 11.7 Å². The number of aromatic nitrogens is 1. The summed E-state index contributed by atoms with van der Waals surface area (Å²) in [6, 6.07) is 14.1. The van der Waals surface area contributed by atoms with Crippen molar-refractivity contribution in [1.82, 2.24) is 14.8 Å². The van der Waals surface area contributed by atoms with Gasteiger partial charge in [0, 0.05) is 64.4 Å². The Kier molecular flexibility index (Phi) is 8.09. The number of ether oxygens (including phenoxy) is 1. The number of nitrogens with zero attached hydrogens (tertiary/aromatic N) is 4.